The van der Waals surface area contributed by atoms with Crippen LogP contribution in [-0.2, 0) is 25.1 Å². The molecule has 0 N–H and O–H groups in total. The van der Waals surface area contributed by atoms with Crippen molar-refractivity contribution in [2.45, 2.75) is 43.1 Å². The maximum atomic E-state index is 12.2. The van der Waals surface area contributed by atoms with Gasteiger partial charge in [0.1, 0.15) is 0 Å². The van der Waals surface area contributed by atoms with Crippen molar-refractivity contribution in [2.75, 3.05) is 13.2 Å². The SMILES string of the molecule is CCC1(c2cccc(S(=O)(=O)C(C)C)c2)OCCO1. The second kappa shape index (κ2) is 5.23. The lowest BCUT2D eigenvalue weighted by molar-refractivity contribution is -0.167. The van der Waals surface area contributed by atoms with Gasteiger partial charge in [-0.15, -0.1) is 0 Å². The smallest absolute Gasteiger partial charge is 0.194 e. The second-order valence-corrected chi connectivity index (χ2v) is 7.43. The molecule has 1 saturated heterocycles. The third kappa shape index (κ3) is 2.55. The first-order valence-electron chi connectivity index (χ1n) is 6.55. The average Bonchev–Trinajstić information content (AvgIpc) is 2.88. The van der Waals surface area contributed by atoms with Crippen LogP contribution in [0.25, 0.3) is 0 Å². The predicted molar refractivity (Wildman–Crippen MR) is 72.6 cm³/mol. The quantitative estimate of drug-likeness (QED) is 0.852. The fraction of sp³-hybridized carbons (Fsp3) is 0.571. The Morgan fingerprint density at radius 2 is 1.89 bits per heavy atom. The summed E-state index contributed by atoms with van der Waals surface area (Å²) < 4.78 is 35.8. The standard InChI is InChI=1S/C14H20O4S/c1-4-14(17-8-9-18-14)12-6-5-7-13(10-12)19(15,16)11(2)3/h5-7,10-11H,4,8-9H2,1-3H3. The molecule has 0 unspecified atom stereocenters. The van der Waals surface area contributed by atoms with Crippen LogP contribution in [0, 0.1) is 0 Å². The maximum Gasteiger partial charge on any atom is 0.194 e. The summed E-state index contributed by atoms with van der Waals surface area (Å²) in [6, 6.07) is 6.89. The molecular formula is C14H20O4S. The van der Waals surface area contributed by atoms with Gasteiger partial charge in [0, 0.05) is 12.0 Å². The van der Waals surface area contributed by atoms with Gasteiger partial charge in [0.05, 0.1) is 23.4 Å². The molecular weight excluding hydrogens is 264 g/mol. The molecule has 4 nitrogen and oxygen atoms in total. The van der Waals surface area contributed by atoms with Gasteiger partial charge in [0.2, 0.25) is 0 Å². The highest BCUT2D eigenvalue weighted by atomic mass is 32.2. The lowest BCUT2D eigenvalue weighted by atomic mass is 10.0. The Morgan fingerprint density at radius 1 is 1.26 bits per heavy atom. The molecule has 5 heteroatoms. The van der Waals surface area contributed by atoms with E-state index in [1.54, 1.807) is 32.0 Å². The van der Waals surface area contributed by atoms with Crippen molar-refractivity contribution in [3.8, 4) is 0 Å². The Kier molecular flexibility index (Phi) is 3.99. The van der Waals surface area contributed by atoms with Crippen LogP contribution >= 0.6 is 0 Å². The van der Waals surface area contributed by atoms with E-state index >= 15 is 0 Å². The first-order valence-corrected chi connectivity index (χ1v) is 8.09. The number of hydrogen-bond donors (Lipinski definition) is 0. The Balaban J connectivity index is 2.45. The first-order chi connectivity index (χ1) is 8.92. The minimum absolute atomic E-state index is 0.326. The third-order valence-corrected chi connectivity index (χ3v) is 5.59. The summed E-state index contributed by atoms with van der Waals surface area (Å²) in [6.45, 7) is 6.40. The molecule has 1 fully saturated rings. The fourth-order valence-corrected chi connectivity index (χ4v) is 3.32. The van der Waals surface area contributed by atoms with E-state index in [1.807, 2.05) is 13.0 Å². The normalized spacial score (nSPS) is 18.9. The van der Waals surface area contributed by atoms with E-state index in [-0.39, 0.29) is 0 Å². The van der Waals surface area contributed by atoms with E-state index in [0.29, 0.717) is 24.5 Å². The van der Waals surface area contributed by atoms with Crippen LogP contribution in [0.4, 0.5) is 0 Å². The molecule has 0 saturated carbocycles. The van der Waals surface area contributed by atoms with E-state index in [9.17, 15) is 8.42 Å². The molecule has 1 aromatic rings. The number of rotatable bonds is 4. The molecule has 0 atom stereocenters. The topological polar surface area (TPSA) is 52.6 Å². The Hall–Kier alpha value is -0.910. The third-order valence-electron chi connectivity index (χ3n) is 3.44. The molecule has 1 aromatic carbocycles. The van der Waals surface area contributed by atoms with Crippen LogP contribution in [0.3, 0.4) is 0 Å². The zero-order chi connectivity index (χ0) is 14.1. The zero-order valence-corrected chi connectivity index (χ0v) is 12.4. The van der Waals surface area contributed by atoms with Gasteiger partial charge in [0.15, 0.2) is 15.6 Å². The highest BCUT2D eigenvalue weighted by molar-refractivity contribution is 7.92. The highest BCUT2D eigenvalue weighted by Crippen LogP contribution is 2.35. The van der Waals surface area contributed by atoms with Gasteiger partial charge in [0.25, 0.3) is 0 Å². The van der Waals surface area contributed by atoms with Gasteiger partial charge < -0.3 is 9.47 Å². The van der Waals surface area contributed by atoms with Crippen LogP contribution in [0.2, 0.25) is 0 Å². The Morgan fingerprint density at radius 3 is 2.42 bits per heavy atom. The molecule has 2 rings (SSSR count). The van der Waals surface area contributed by atoms with Gasteiger partial charge in [-0.25, -0.2) is 8.42 Å². The summed E-state index contributed by atoms with van der Waals surface area (Å²) >= 11 is 0. The van der Waals surface area contributed by atoms with E-state index in [0.717, 1.165) is 5.56 Å². The number of sulfone groups is 1. The van der Waals surface area contributed by atoms with Gasteiger partial charge in [-0.2, -0.15) is 0 Å². The number of ether oxygens (including phenoxy) is 2. The van der Waals surface area contributed by atoms with Gasteiger partial charge in [-0.3, -0.25) is 0 Å². The van der Waals surface area contributed by atoms with Crippen molar-refractivity contribution in [3.63, 3.8) is 0 Å². The van der Waals surface area contributed by atoms with Crippen LogP contribution in [0.1, 0.15) is 32.8 Å². The van der Waals surface area contributed by atoms with Gasteiger partial charge >= 0.3 is 0 Å². The minimum Gasteiger partial charge on any atom is -0.343 e. The van der Waals surface area contributed by atoms with E-state index in [4.69, 9.17) is 9.47 Å². The van der Waals surface area contributed by atoms with Crippen molar-refractivity contribution < 1.29 is 17.9 Å². The highest BCUT2D eigenvalue weighted by Gasteiger charge is 2.37. The molecule has 106 valence electrons. The molecule has 0 amide bonds. The van der Waals surface area contributed by atoms with Crippen molar-refractivity contribution in [2.24, 2.45) is 0 Å². The molecule has 0 spiro atoms. The van der Waals surface area contributed by atoms with Crippen molar-refractivity contribution in [1.82, 2.24) is 0 Å². The van der Waals surface area contributed by atoms with Crippen molar-refractivity contribution >= 4 is 9.84 Å². The predicted octanol–water partition coefficient (Wildman–Crippen LogP) is 2.48. The number of hydrogen-bond acceptors (Lipinski definition) is 4. The molecule has 0 aliphatic carbocycles. The lowest BCUT2D eigenvalue weighted by Crippen LogP contribution is -2.26. The average molecular weight is 284 g/mol. The van der Waals surface area contributed by atoms with Crippen molar-refractivity contribution in [1.29, 1.82) is 0 Å². The summed E-state index contributed by atoms with van der Waals surface area (Å²) in [4.78, 5) is 0.326. The summed E-state index contributed by atoms with van der Waals surface area (Å²) in [5.41, 5.74) is 0.772. The van der Waals surface area contributed by atoms with E-state index < -0.39 is 20.9 Å². The maximum absolute atomic E-state index is 12.2. The molecule has 0 radical (unpaired) electrons. The molecule has 1 heterocycles. The molecule has 0 aromatic heterocycles. The monoisotopic (exact) mass is 284 g/mol. The molecule has 19 heavy (non-hydrogen) atoms. The fourth-order valence-electron chi connectivity index (χ4n) is 2.21. The molecule has 1 aliphatic rings. The first kappa shape index (κ1) is 14.5. The Labute approximate surface area is 114 Å². The van der Waals surface area contributed by atoms with E-state index in [2.05, 4.69) is 0 Å². The molecule has 1 aliphatic heterocycles. The van der Waals surface area contributed by atoms with Crippen LogP contribution < -0.4 is 0 Å². The summed E-state index contributed by atoms with van der Waals surface area (Å²) in [7, 11) is -3.28. The zero-order valence-electron chi connectivity index (χ0n) is 11.5. The van der Waals surface area contributed by atoms with Gasteiger partial charge in [-0.05, 0) is 26.0 Å². The summed E-state index contributed by atoms with van der Waals surface area (Å²) in [5.74, 6) is -0.789. The summed E-state index contributed by atoms with van der Waals surface area (Å²) in [6.07, 6.45) is 0.651. The largest absolute Gasteiger partial charge is 0.343 e. The van der Waals surface area contributed by atoms with Crippen LogP contribution in [0.5, 0.6) is 0 Å². The summed E-state index contributed by atoms with van der Waals surface area (Å²) in [5, 5.41) is -0.439. The van der Waals surface area contributed by atoms with E-state index in [1.165, 1.54) is 0 Å². The van der Waals surface area contributed by atoms with Crippen LogP contribution in [-0.4, -0.2) is 26.9 Å². The van der Waals surface area contributed by atoms with Crippen LogP contribution in [0.15, 0.2) is 29.2 Å². The lowest BCUT2D eigenvalue weighted by Gasteiger charge is -2.26. The van der Waals surface area contributed by atoms with Crippen molar-refractivity contribution in [3.05, 3.63) is 29.8 Å². The molecule has 0 bridgehead atoms. The number of benzene rings is 1. The second-order valence-electron chi connectivity index (χ2n) is 4.92. The van der Waals surface area contributed by atoms with Gasteiger partial charge in [-0.1, -0.05) is 19.1 Å². The Bertz CT molecular complexity index is 542. The minimum atomic E-state index is -3.28.